The summed E-state index contributed by atoms with van der Waals surface area (Å²) in [4.78, 5) is 30.3. The zero-order chi connectivity index (χ0) is 20.8. The van der Waals surface area contributed by atoms with Gasteiger partial charge in [0, 0.05) is 31.6 Å². The number of carbonyl (C=O) groups is 2. The first-order valence-electron chi connectivity index (χ1n) is 9.10. The number of oxazole rings is 1. The van der Waals surface area contributed by atoms with Gasteiger partial charge in [-0.3, -0.25) is 9.59 Å². The van der Waals surface area contributed by atoms with Gasteiger partial charge in [-0.25, -0.2) is 9.37 Å². The maximum atomic E-state index is 13.0. The Kier molecular flexibility index (Phi) is 6.39. The predicted octanol–water partition coefficient (Wildman–Crippen LogP) is 3.79. The third-order valence-electron chi connectivity index (χ3n) is 4.24. The zero-order valence-corrected chi connectivity index (χ0v) is 16.2. The Morgan fingerprint density at radius 3 is 2.45 bits per heavy atom. The van der Waals surface area contributed by atoms with Gasteiger partial charge in [-0.15, -0.1) is 0 Å². The number of benzene rings is 2. The summed E-state index contributed by atoms with van der Waals surface area (Å²) < 4.78 is 24.1. The van der Waals surface area contributed by atoms with Crippen molar-refractivity contribution in [2.45, 2.75) is 18.9 Å². The van der Waals surface area contributed by atoms with Gasteiger partial charge in [0.25, 0.3) is 5.91 Å². The highest BCUT2D eigenvalue weighted by atomic mass is 19.1. The van der Waals surface area contributed by atoms with Crippen LogP contribution in [-0.2, 0) is 20.7 Å². The van der Waals surface area contributed by atoms with Gasteiger partial charge in [-0.05, 0) is 24.3 Å². The van der Waals surface area contributed by atoms with Gasteiger partial charge in [0.15, 0.2) is 11.7 Å². The van der Waals surface area contributed by atoms with E-state index in [0.29, 0.717) is 22.8 Å². The number of nitrogens with zero attached hydrogens (tertiary/aromatic N) is 2. The third kappa shape index (κ3) is 5.28. The van der Waals surface area contributed by atoms with E-state index in [0.717, 1.165) is 0 Å². The molecule has 0 saturated carbocycles. The van der Waals surface area contributed by atoms with E-state index in [1.165, 1.54) is 23.2 Å². The van der Waals surface area contributed by atoms with E-state index in [9.17, 15) is 14.0 Å². The number of hydrogen-bond acceptors (Lipinski definition) is 5. The first kappa shape index (κ1) is 20.3. The Morgan fingerprint density at radius 1 is 1.10 bits per heavy atom. The van der Waals surface area contributed by atoms with E-state index in [-0.39, 0.29) is 24.6 Å². The topological polar surface area (TPSA) is 72.6 Å². The normalized spacial score (nSPS) is 11.7. The van der Waals surface area contributed by atoms with Gasteiger partial charge in [-0.1, -0.05) is 30.3 Å². The molecule has 1 unspecified atom stereocenters. The van der Waals surface area contributed by atoms with Crippen molar-refractivity contribution < 1.29 is 23.1 Å². The summed E-state index contributed by atoms with van der Waals surface area (Å²) in [7, 11) is 3.21. The molecule has 3 rings (SSSR count). The number of rotatable bonds is 7. The number of amides is 1. The number of halogens is 1. The lowest BCUT2D eigenvalue weighted by atomic mass is 10.1. The smallest absolute Gasteiger partial charge is 0.307 e. The second-order valence-corrected chi connectivity index (χ2v) is 6.64. The molecule has 1 heterocycles. The number of carbonyl (C=O) groups excluding carboxylic acids is 2. The first-order valence-corrected chi connectivity index (χ1v) is 9.10. The average Bonchev–Trinajstić information content (AvgIpc) is 3.20. The lowest BCUT2D eigenvalue weighted by Gasteiger charge is -2.21. The van der Waals surface area contributed by atoms with Crippen LogP contribution in [0.4, 0.5) is 4.39 Å². The van der Waals surface area contributed by atoms with Crippen molar-refractivity contribution in [3.05, 3.63) is 78.1 Å². The number of hydrogen-bond donors (Lipinski definition) is 0. The molecule has 1 amide bonds. The molecule has 0 bridgehead atoms. The van der Waals surface area contributed by atoms with Crippen molar-refractivity contribution in [2.24, 2.45) is 0 Å². The molecule has 0 fully saturated rings. The van der Waals surface area contributed by atoms with Crippen LogP contribution in [-0.4, -0.2) is 35.9 Å². The number of aromatic nitrogens is 1. The maximum absolute atomic E-state index is 13.0. The minimum absolute atomic E-state index is 0.00735. The lowest BCUT2D eigenvalue weighted by Crippen LogP contribution is -2.31. The molecule has 0 aliphatic heterocycles. The summed E-state index contributed by atoms with van der Waals surface area (Å²) in [5.74, 6) is -0.346. The van der Waals surface area contributed by atoms with Gasteiger partial charge >= 0.3 is 5.97 Å². The van der Waals surface area contributed by atoms with Crippen LogP contribution in [0.2, 0.25) is 0 Å². The Labute approximate surface area is 167 Å². The first-order chi connectivity index (χ1) is 13.9. The SMILES string of the molecule is CN(C)C(=O)C(OC(=O)CCc1ncc(-c2ccc(F)cc2)o1)c1ccccc1. The number of esters is 1. The van der Waals surface area contributed by atoms with Crippen molar-refractivity contribution in [2.75, 3.05) is 14.1 Å². The zero-order valence-electron chi connectivity index (χ0n) is 16.2. The number of aryl methyl sites for hydroxylation is 1. The molecular formula is C22H21FN2O4. The summed E-state index contributed by atoms with van der Waals surface area (Å²) in [5.41, 5.74) is 1.29. The monoisotopic (exact) mass is 396 g/mol. The summed E-state index contributed by atoms with van der Waals surface area (Å²) in [6.07, 6.45) is 0.750. The highest BCUT2D eigenvalue weighted by Gasteiger charge is 2.26. The van der Waals surface area contributed by atoms with Crippen LogP contribution in [0.3, 0.4) is 0 Å². The molecule has 0 radical (unpaired) electrons. The molecule has 1 aromatic heterocycles. The van der Waals surface area contributed by atoms with Gasteiger partial charge in [0.05, 0.1) is 12.6 Å². The van der Waals surface area contributed by atoms with E-state index in [1.807, 2.05) is 6.07 Å². The van der Waals surface area contributed by atoms with Gasteiger partial charge in [-0.2, -0.15) is 0 Å². The van der Waals surface area contributed by atoms with Crippen LogP contribution in [0.5, 0.6) is 0 Å². The van der Waals surface area contributed by atoms with Crippen LogP contribution in [0.1, 0.15) is 24.0 Å². The van der Waals surface area contributed by atoms with Crippen molar-refractivity contribution in [1.82, 2.24) is 9.88 Å². The number of ether oxygens (including phenoxy) is 1. The molecule has 0 spiro atoms. The second-order valence-electron chi connectivity index (χ2n) is 6.64. The van der Waals surface area contributed by atoms with Gasteiger partial charge in [0.2, 0.25) is 6.10 Å². The molecule has 3 aromatic rings. The lowest BCUT2D eigenvalue weighted by molar-refractivity contribution is -0.159. The molecule has 0 N–H and O–H groups in total. The van der Waals surface area contributed by atoms with Crippen molar-refractivity contribution in [3.63, 3.8) is 0 Å². The Hall–Kier alpha value is -3.48. The van der Waals surface area contributed by atoms with E-state index < -0.39 is 12.1 Å². The highest BCUT2D eigenvalue weighted by Crippen LogP contribution is 2.23. The molecule has 6 nitrogen and oxygen atoms in total. The summed E-state index contributed by atoms with van der Waals surface area (Å²) in [6.45, 7) is 0. The molecule has 0 aliphatic rings. The highest BCUT2D eigenvalue weighted by molar-refractivity contribution is 5.84. The molecule has 2 aromatic carbocycles. The van der Waals surface area contributed by atoms with Gasteiger partial charge < -0.3 is 14.1 Å². The minimum Gasteiger partial charge on any atom is -0.447 e. The Bertz CT molecular complexity index is 968. The molecule has 0 saturated heterocycles. The predicted molar refractivity (Wildman–Crippen MR) is 104 cm³/mol. The minimum atomic E-state index is -1.00. The molecule has 150 valence electrons. The summed E-state index contributed by atoms with van der Waals surface area (Å²) >= 11 is 0. The van der Waals surface area contributed by atoms with Crippen LogP contribution >= 0.6 is 0 Å². The average molecular weight is 396 g/mol. The van der Waals surface area contributed by atoms with E-state index in [4.69, 9.17) is 9.15 Å². The Morgan fingerprint density at radius 2 is 1.79 bits per heavy atom. The molecule has 1 atom stereocenters. The standard InChI is InChI=1S/C22H21FN2O4/c1-25(2)22(27)21(16-6-4-3-5-7-16)29-20(26)13-12-19-24-14-18(28-19)15-8-10-17(23)11-9-15/h3-11,14,21H,12-13H2,1-2H3. The fourth-order valence-electron chi connectivity index (χ4n) is 2.70. The van der Waals surface area contributed by atoms with Crippen molar-refractivity contribution >= 4 is 11.9 Å². The quantitative estimate of drug-likeness (QED) is 0.568. The Balaban J connectivity index is 1.62. The van der Waals surface area contributed by atoms with Crippen LogP contribution < -0.4 is 0 Å². The van der Waals surface area contributed by atoms with Crippen LogP contribution in [0.15, 0.2) is 65.2 Å². The maximum Gasteiger partial charge on any atom is 0.307 e. The fraction of sp³-hybridized carbons (Fsp3) is 0.227. The van der Waals surface area contributed by atoms with E-state index in [2.05, 4.69) is 4.98 Å². The summed E-state index contributed by atoms with van der Waals surface area (Å²) in [5, 5.41) is 0. The third-order valence-corrected chi connectivity index (χ3v) is 4.24. The largest absolute Gasteiger partial charge is 0.447 e. The second kappa shape index (κ2) is 9.14. The summed E-state index contributed by atoms with van der Waals surface area (Å²) in [6, 6.07) is 14.7. The molecule has 0 aliphatic carbocycles. The molecular weight excluding hydrogens is 375 g/mol. The van der Waals surface area contributed by atoms with Crippen molar-refractivity contribution in [1.29, 1.82) is 0 Å². The van der Waals surface area contributed by atoms with Crippen molar-refractivity contribution in [3.8, 4) is 11.3 Å². The van der Waals surface area contributed by atoms with E-state index >= 15 is 0 Å². The van der Waals surface area contributed by atoms with Gasteiger partial charge in [0.1, 0.15) is 5.82 Å². The number of likely N-dealkylation sites (N-methyl/N-ethyl adjacent to an activating group) is 1. The van der Waals surface area contributed by atoms with E-state index in [1.54, 1.807) is 50.5 Å². The van der Waals surface area contributed by atoms with Crippen LogP contribution in [0, 0.1) is 5.82 Å². The molecule has 29 heavy (non-hydrogen) atoms. The van der Waals surface area contributed by atoms with Crippen LogP contribution in [0.25, 0.3) is 11.3 Å². The molecule has 7 heteroatoms. The fourth-order valence-corrected chi connectivity index (χ4v) is 2.70.